The van der Waals surface area contributed by atoms with Crippen molar-refractivity contribution < 1.29 is 14.6 Å². The van der Waals surface area contributed by atoms with Crippen LogP contribution in [0.5, 0.6) is 5.75 Å². The summed E-state index contributed by atoms with van der Waals surface area (Å²) in [5.74, 6) is 0.186. The molecule has 1 aliphatic rings. The molecule has 2 amide bonds. The zero-order valence-electron chi connectivity index (χ0n) is 16.0. The van der Waals surface area contributed by atoms with E-state index in [-0.39, 0.29) is 17.9 Å². The Morgan fingerprint density at radius 3 is 2.76 bits per heavy atom. The van der Waals surface area contributed by atoms with Crippen LogP contribution in [0.2, 0.25) is 0 Å². The third-order valence-corrected chi connectivity index (χ3v) is 5.73. The molecular formula is C22H23N3O3S. The van der Waals surface area contributed by atoms with Gasteiger partial charge in [0, 0.05) is 41.5 Å². The molecule has 7 heteroatoms. The van der Waals surface area contributed by atoms with E-state index in [1.807, 2.05) is 41.8 Å². The van der Waals surface area contributed by atoms with Crippen LogP contribution in [0.4, 0.5) is 10.5 Å². The van der Waals surface area contributed by atoms with E-state index in [0.29, 0.717) is 24.3 Å². The van der Waals surface area contributed by atoms with Crippen molar-refractivity contribution in [1.82, 2.24) is 9.88 Å². The molecule has 0 radical (unpaired) electrons. The molecule has 3 aromatic rings. The van der Waals surface area contributed by atoms with Crippen LogP contribution in [0.1, 0.15) is 18.4 Å². The Hall–Kier alpha value is -2.90. The Morgan fingerprint density at radius 1 is 1.24 bits per heavy atom. The lowest BCUT2D eigenvalue weighted by Crippen LogP contribution is -2.39. The Balaban J connectivity index is 1.47. The highest BCUT2D eigenvalue weighted by molar-refractivity contribution is 7.13. The predicted octanol–water partition coefficient (Wildman–Crippen LogP) is 4.73. The first-order valence-corrected chi connectivity index (χ1v) is 10.5. The number of urea groups is 1. The second-order valence-electron chi connectivity index (χ2n) is 6.99. The number of carbonyl (C=O) groups excluding carboxylic acids is 1. The summed E-state index contributed by atoms with van der Waals surface area (Å²) in [6, 6.07) is 14.5. The maximum atomic E-state index is 13.0. The van der Waals surface area contributed by atoms with Crippen molar-refractivity contribution in [2.75, 3.05) is 18.5 Å². The summed E-state index contributed by atoms with van der Waals surface area (Å²) in [4.78, 5) is 19.0. The second-order valence-corrected chi connectivity index (χ2v) is 7.88. The lowest BCUT2D eigenvalue weighted by molar-refractivity contribution is 0.0817. The molecule has 0 unspecified atom stereocenters. The van der Waals surface area contributed by atoms with Crippen molar-refractivity contribution in [3.63, 3.8) is 0 Å². The van der Waals surface area contributed by atoms with Gasteiger partial charge in [0.15, 0.2) is 0 Å². The summed E-state index contributed by atoms with van der Waals surface area (Å²) in [7, 11) is 0. The third-order valence-electron chi connectivity index (χ3n) is 4.90. The highest BCUT2D eigenvalue weighted by Crippen LogP contribution is 2.24. The smallest absolute Gasteiger partial charge is 0.322 e. The van der Waals surface area contributed by atoms with Crippen molar-refractivity contribution in [3.8, 4) is 16.3 Å². The molecule has 29 heavy (non-hydrogen) atoms. The number of hydrogen-bond acceptors (Lipinski definition) is 5. The third kappa shape index (κ3) is 4.93. The number of nitrogens with zero attached hydrogens (tertiary/aromatic N) is 2. The van der Waals surface area contributed by atoms with Gasteiger partial charge in [0.1, 0.15) is 10.8 Å². The lowest BCUT2D eigenvalue weighted by atomic mass is 10.1. The first-order chi connectivity index (χ1) is 14.2. The number of thiazole rings is 1. The van der Waals surface area contributed by atoms with Crippen molar-refractivity contribution in [1.29, 1.82) is 0 Å². The Labute approximate surface area is 173 Å². The predicted molar refractivity (Wildman–Crippen MR) is 114 cm³/mol. The monoisotopic (exact) mass is 409 g/mol. The molecule has 2 aromatic carbocycles. The molecule has 0 spiro atoms. The molecule has 0 saturated carbocycles. The number of ether oxygens (including phenoxy) is 1. The first-order valence-electron chi connectivity index (χ1n) is 9.63. The number of aromatic nitrogens is 1. The van der Waals surface area contributed by atoms with Gasteiger partial charge >= 0.3 is 6.03 Å². The molecule has 150 valence electrons. The molecule has 1 aliphatic heterocycles. The number of nitrogens with one attached hydrogen (secondary N) is 1. The minimum atomic E-state index is -0.217. The van der Waals surface area contributed by atoms with E-state index in [0.717, 1.165) is 30.0 Å². The van der Waals surface area contributed by atoms with Crippen molar-refractivity contribution in [3.05, 3.63) is 65.7 Å². The highest BCUT2D eigenvalue weighted by atomic mass is 32.1. The number of benzene rings is 2. The number of amides is 2. The number of carbonyl (C=O) groups is 1. The number of anilines is 1. The standard InChI is InChI=1S/C22H23N3O3S/c26-20-6-2-1-4-17(20)14-25(15-19-5-3-12-28-19)22(27)24-18-9-7-16(8-10-18)21-23-11-13-29-21/h1-2,4,6-11,13,19,26H,3,5,12,14-15H2,(H,24,27)/t19-/m0/s1. The quantitative estimate of drug-likeness (QED) is 0.617. The van der Waals surface area contributed by atoms with Gasteiger partial charge < -0.3 is 20.1 Å². The van der Waals surface area contributed by atoms with Gasteiger partial charge in [-0.2, -0.15) is 0 Å². The molecule has 1 atom stereocenters. The van der Waals surface area contributed by atoms with Gasteiger partial charge in [0.2, 0.25) is 0 Å². The van der Waals surface area contributed by atoms with Crippen molar-refractivity contribution >= 4 is 23.1 Å². The van der Waals surface area contributed by atoms with E-state index in [2.05, 4.69) is 10.3 Å². The topological polar surface area (TPSA) is 74.7 Å². The van der Waals surface area contributed by atoms with Gasteiger partial charge in [-0.15, -0.1) is 11.3 Å². The molecule has 4 rings (SSSR count). The average molecular weight is 410 g/mol. The Kier molecular flexibility index (Phi) is 6.07. The molecule has 1 fully saturated rings. The summed E-state index contributed by atoms with van der Waals surface area (Å²) in [6.45, 7) is 1.53. The van der Waals surface area contributed by atoms with Crippen LogP contribution in [-0.2, 0) is 11.3 Å². The van der Waals surface area contributed by atoms with Gasteiger partial charge in [-0.25, -0.2) is 9.78 Å². The van der Waals surface area contributed by atoms with Crippen LogP contribution in [0, 0.1) is 0 Å². The molecule has 2 heterocycles. The normalized spacial score (nSPS) is 15.9. The summed E-state index contributed by atoms with van der Waals surface area (Å²) in [5, 5.41) is 16.0. The van der Waals surface area contributed by atoms with E-state index >= 15 is 0 Å². The number of para-hydroxylation sites is 1. The lowest BCUT2D eigenvalue weighted by Gasteiger charge is -2.26. The van der Waals surface area contributed by atoms with Crippen LogP contribution in [0.25, 0.3) is 10.6 Å². The largest absolute Gasteiger partial charge is 0.508 e. The minimum absolute atomic E-state index is 0.0267. The summed E-state index contributed by atoms with van der Waals surface area (Å²) < 4.78 is 5.72. The molecular weight excluding hydrogens is 386 g/mol. The fourth-order valence-electron chi connectivity index (χ4n) is 3.37. The van der Waals surface area contributed by atoms with Crippen LogP contribution in [0.3, 0.4) is 0 Å². The summed E-state index contributed by atoms with van der Waals surface area (Å²) in [6.07, 6.45) is 3.75. The Bertz CT molecular complexity index is 938. The fraction of sp³-hybridized carbons (Fsp3) is 0.273. The summed E-state index contributed by atoms with van der Waals surface area (Å²) >= 11 is 1.58. The maximum Gasteiger partial charge on any atom is 0.322 e. The van der Waals surface area contributed by atoms with Crippen molar-refractivity contribution in [2.45, 2.75) is 25.5 Å². The molecule has 2 N–H and O–H groups in total. The van der Waals surface area contributed by atoms with E-state index in [9.17, 15) is 9.90 Å². The molecule has 1 aromatic heterocycles. The highest BCUT2D eigenvalue weighted by Gasteiger charge is 2.23. The zero-order valence-corrected chi connectivity index (χ0v) is 16.8. The average Bonchev–Trinajstić information content (AvgIpc) is 3.44. The number of hydrogen-bond donors (Lipinski definition) is 2. The molecule has 6 nitrogen and oxygen atoms in total. The fourth-order valence-corrected chi connectivity index (χ4v) is 4.01. The number of phenols is 1. The minimum Gasteiger partial charge on any atom is -0.508 e. The van der Waals surface area contributed by atoms with E-state index in [1.165, 1.54) is 0 Å². The number of phenolic OH excluding ortho intramolecular Hbond substituents is 1. The number of rotatable bonds is 6. The SMILES string of the molecule is O=C(Nc1ccc(-c2nccs2)cc1)N(Cc1ccccc1O)C[C@@H]1CCCO1. The van der Waals surface area contributed by atoms with Gasteiger partial charge in [-0.05, 0) is 43.2 Å². The van der Waals surface area contributed by atoms with Gasteiger partial charge in [-0.1, -0.05) is 18.2 Å². The maximum absolute atomic E-state index is 13.0. The van der Waals surface area contributed by atoms with Crippen LogP contribution >= 0.6 is 11.3 Å². The molecule has 1 saturated heterocycles. The van der Waals surface area contributed by atoms with E-state index in [4.69, 9.17) is 4.74 Å². The van der Waals surface area contributed by atoms with Gasteiger partial charge in [-0.3, -0.25) is 0 Å². The second kappa shape index (κ2) is 9.07. The van der Waals surface area contributed by atoms with Crippen molar-refractivity contribution in [2.24, 2.45) is 0 Å². The van der Waals surface area contributed by atoms with Gasteiger partial charge in [0.25, 0.3) is 0 Å². The first kappa shape index (κ1) is 19.4. The molecule has 0 aliphatic carbocycles. The van der Waals surface area contributed by atoms with Crippen LogP contribution in [-0.4, -0.2) is 40.3 Å². The van der Waals surface area contributed by atoms with Gasteiger partial charge in [0.05, 0.1) is 12.6 Å². The zero-order chi connectivity index (χ0) is 20.1. The van der Waals surface area contributed by atoms with E-state index < -0.39 is 0 Å². The van der Waals surface area contributed by atoms with Crippen LogP contribution < -0.4 is 5.32 Å². The number of aromatic hydroxyl groups is 1. The summed E-state index contributed by atoms with van der Waals surface area (Å²) in [5.41, 5.74) is 2.44. The molecule has 0 bridgehead atoms. The Morgan fingerprint density at radius 2 is 2.07 bits per heavy atom. The van der Waals surface area contributed by atoms with Crippen LogP contribution in [0.15, 0.2) is 60.1 Å². The van der Waals surface area contributed by atoms with E-state index in [1.54, 1.807) is 34.6 Å².